The summed E-state index contributed by atoms with van der Waals surface area (Å²) in [5, 5.41) is 12.2. The molecule has 2 aromatic heterocycles. The topological polar surface area (TPSA) is 93.8 Å². The molecule has 2 aromatic carbocycles. The van der Waals surface area contributed by atoms with Crippen LogP contribution in [0.1, 0.15) is 18.4 Å². The van der Waals surface area contributed by atoms with E-state index in [-0.39, 0.29) is 24.1 Å². The van der Waals surface area contributed by atoms with Crippen LogP contribution in [0, 0.1) is 0 Å². The van der Waals surface area contributed by atoms with Crippen LogP contribution in [0.4, 0.5) is 0 Å². The lowest BCUT2D eigenvalue weighted by atomic mass is 10.2. The molecule has 0 spiro atoms. The maximum Gasteiger partial charge on any atom is 0.242 e. The van der Waals surface area contributed by atoms with Gasteiger partial charge in [0, 0.05) is 19.6 Å². The van der Waals surface area contributed by atoms with Crippen molar-refractivity contribution in [2.24, 2.45) is 0 Å². The van der Waals surface area contributed by atoms with E-state index >= 15 is 0 Å². The smallest absolute Gasteiger partial charge is 0.242 e. The first-order chi connectivity index (χ1) is 16.6. The van der Waals surface area contributed by atoms with E-state index in [0.29, 0.717) is 17.5 Å². The SMILES string of the molecule is COc1ccc(CNC(=O)CSc2nnc3n(CC(=O)N4CCCC4)c4ccccc4n23)cc1. The van der Waals surface area contributed by atoms with Gasteiger partial charge in [-0.2, -0.15) is 0 Å². The first-order valence-electron chi connectivity index (χ1n) is 11.3. The summed E-state index contributed by atoms with van der Waals surface area (Å²) in [6, 6.07) is 15.4. The molecule has 5 rings (SSSR count). The molecule has 0 aliphatic carbocycles. The lowest BCUT2D eigenvalue weighted by Crippen LogP contribution is -2.31. The van der Waals surface area contributed by atoms with E-state index in [1.165, 1.54) is 11.8 Å². The van der Waals surface area contributed by atoms with Gasteiger partial charge in [-0.1, -0.05) is 36.0 Å². The van der Waals surface area contributed by atoms with Crippen molar-refractivity contribution in [3.63, 3.8) is 0 Å². The number of hydrogen-bond donors (Lipinski definition) is 1. The average Bonchev–Trinajstić information content (AvgIpc) is 3.60. The number of ether oxygens (including phenoxy) is 1. The second-order valence-corrected chi connectivity index (χ2v) is 9.14. The Kier molecular flexibility index (Phi) is 6.39. The number of carbonyl (C=O) groups excluding carboxylic acids is 2. The number of nitrogens with zero attached hydrogens (tertiary/aromatic N) is 5. The third-order valence-electron chi connectivity index (χ3n) is 6.00. The van der Waals surface area contributed by atoms with Crippen LogP contribution in [0.5, 0.6) is 5.75 Å². The van der Waals surface area contributed by atoms with Gasteiger partial charge in [-0.25, -0.2) is 0 Å². The van der Waals surface area contributed by atoms with E-state index in [1.54, 1.807) is 7.11 Å². The van der Waals surface area contributed by atoms with Gasteiger partial charge in [-0.3, -0.25) is 18.6 Å². The highest BCUT2D eigenvalue weighted by atomic mass is 32.2. The molecule has 2 amide bonds. The molecule has 10 heteroatoms. The summed E-state index contributed by atoms with van der Waals surface area (Å²) in [6.07, 6.45) is 2.11. The molecule has 0 radical (unpaired) electrons. The highest BCUT2D eigenvalue weighted by molar-refractivity contribution is 7.99. The number of benzene rings is 2. The number of carbonyl (C=O) groups is 2. The molecule has 0 atom stereocenters. The van der Waals surface area contributed by atoms with Gasteiger partial charge in [0.2, 0.25) is 17.6 Å². The number of nitrogens with one attached hydrogen (secondary N) is 1. The Labute approximate surface area is 201 Å². The van der Waals surface area contributed by atoms with Gasteiger partial charge < -0.3 is 15.0 Å². The molecule has 1 aliphatic heterocycles. The Morgan fingerprint density at radius 1 is 1.03 bits per heavy atom. The zero-order chi connectivity index (χ0) is 23.5. The molecule has 34 heavy (non-hydrogen) atoms. The fourth-order valence-electron chi connectivity index (χ4n) is 4.21. The number of para-hydroxylation sites is 2. The molecular weight excluding hydrogens is 452 g/mol. The Hall–Kier alpha value is -3.53. The first kappa shape index (κ1) is 22.3. The fraction of sp³-hybridized carbons (Fsp3) is 0.333. The Bertz CT molecular complexity index is 1320. The second kappa shape index (κ2) is 9.76. The van der Waals surface area contributed by atoms with Crippen molar-refractivity contribution in [3.05, 3.63) is 54.1 Å². The molecule has 1 saturated heterocycles. The summed E-state index contributed by atoms with van der Waals surface area (Å²) >= 11 is 1.33. The quantitative estimate of drug-likeness (QED) is 0.392. The summed E-state index contributed by atoms with van der Waals surface area (Å²) in [5.74, 6) is 1.60. The van der Waals surface area contributed by atoms with Crippen molar-refractivity contribution in [2.45, 2.75) is 31.1 Å². The largest absolute Gasteiger partial charge is 0.497 e. The van der Waals surface area contributed by atoms with E-state index in [1.807, 2.05) is 62.4 Å². The lowest BCUT2D eigenvalue weighted by Gasteiger charge is -2.15. The molecule has 3 heterocycles. The van der Waals surface area contributed by atoms with Crippen molar-refractivity contribution in [3.8, 4) is 5.75 Å². The molecule has 0 saturated carbocycles. The van der Waals surface area contributed by atoms with Crippen LogP contribution >= 0.6 is 11.8 Å². The highest BCUT2D eigenvalue weighted by Crippen LogP contribution is 2.26. The summed E-state index contributed by atoms with van der Waals surface area (Å²) in [5.41, 5.74) is 2.83. The third kappa shape index (κ3) is 4.45. The Morgan fingerprint density at radius 3 is 2.50 bits per heavy atom. The molecule has 1 aliphatic rings. The number of methoxy groups -OCH3 is 1. The van der Waals surface area contributed by atoms with Crippen molar-refractivity contribution in [2.75, 3.05) is 26.0 Å². The monoisotopic (exact) mass is 478 g/mol. The molecule has 0 bridgehead atoms. The molecule has 0 unspecified atom stereocenters. The van der Waals surface area contributed by atoms with E-state index in [4.69, 9.17) is 4.74 Å². The number of fused-ring (bicyclic) bond motifs is 3. The van der Waals surface area contributed by atoms with Gasteiger partial charge >= 0.3 is 0 Å². The van der Waals surface area contributed by atoms with Gasteiger partial charge in [-0.05, 0) is 42.7 Å². The molecule has 1 N–H and O–H groups in total. The third-order valence-corrected chi connectivity index (χ3v) is 6.93. The number of thioether (sulfide) groups is 1. The van der Waals surface area contributed by atoms with E-state index in [9.17, 15) is 9.59 Å². The van der Waals surface area contributed by atoms with Gasteiger partial charge in [-0.15, -0.1) is 10.2 Å². The predicted octanol–water partition coefficient (Wildman–Crippen LogP) is 2.72. The Morgan fingerprint density at radius 2 is 1.76 bits per heavy atom. The average molecular weight is 479 g/mol. The van der Waals surface area contributed by atoms with E-state index in [2.05, 4.69) is 15.5 Å². The zero-order valence-electron chi connectivity index (χ0n) is 18.9. The van der Waals surface area contributed by atoms with Crippen LogP contribution in [0.25, 0.3) is 16.8 Å². The van der Waals surface area contributed by atoms with E-state index in [0.717, 1.165) is 48.3 Å². The normalized spacial score (nSPS) is 13.6. The number of imidazole rings is 1. The minimum Gasteiger partial charge on any atom is -0.497 e. The zero-order valence-corrected chi connectivity index (χ0v) is 19.8. The molecule has 9 nitrogen and oxygen atoms in total. The van der Waals surface area contributed by atoms with E-state index < -0.39 is 0 Å². The molecular formula is C24H26N6O3S. The number of hydrogen-bond acceptors (Lipinski definition) is 6. The summed E-state index contributed by atoms with van der Waals surface area (Å²) in [4.78, 5) is 27.2. The first-order valence-corrected chi connectivity index (χ1v) is 12.2. The number of amides is 2. The van der Waals surface area contributed by atoms with Gasteiger partial charge in [0.25, 0.3) is 0 Å². The lowest BCUT2D eigenvalue weighted by molar-refractivity contribution is -0.130. The van der Waals surface area contributed by atoms with Crippen LogP contribution in [-0.2, 0) is 22.7 Å². The summed E-state index contributed by atoms with van der Waals surface area (Å²) in [7, 11) is 1.62. The Balaban J connectivity index is 1.30. The van der Waals surface area contributed by atoms with Crippen LogP contribution in [0.3, 0.4) is 0 Å². The fourth-order valence-corrected chi connectivity index (χ4v) is 4.98. The number of rotatable bonds is 8. The minimum absolute atomic E-state index is 0.0921. The van der Waals surface area contributed by atoms with Crippen molar-refractivity contribution >= 4 is 40.4 Å². The molecule has 1 fully saturated rings. The van der Waals surface area contributed by atoms with Crippen LogP contribution in [0.2, 0.25) is 0 Å². The minimum atomic E-state index is -0.0921. The van der Waals surface area contributed by atoms with Gasteiger partial charge in [0.05, 0.1) is 23.9 Å². The summed E-state index contributed by atoms with van der Waals surface area (Å²) < 4.78 is 9.00. The van der Waals surface area contributed by atoms with Crippen LogP contribution in [0.15, 0.2) is 53.7 Å². The van der Waals surface area contributed by atoms with Gasteiger partial charge in [0.1, 0.15) is 12.3 Å². The maximum atomic E-state index is 12.8. The van der Waals surface area contributed by atoms with Crippen molar-refractivity contribution < 1.29 is 14.3 Å². The standard InChI is InChI=1S/C24H26N6O3S/c1-33-18-10-8-17(9-11-18)14-25-21(31)16-34-24-27-26-23-29(15-22(32)28-12-4-5-13-28)19-6-2-3-7-20(19)30(23)24/h2-3,6-11H,4-5,12-16H2,1H3,(H,25,31). The van der Waals surface area contributed by atoms with Crippen LogP contribution < -0.4 is 10.1 Å². The maximum absolute atomic E-state index is 12.8. The second-order valence-electron chi connectivity index (χ2n) is 8.19. The number of likely N-dealkylation sites (tertiary alicyclic amines) is 1. The molecule has 176 valence electrons. The van der Waals surface area contributed by atoms with Crippen molar-refractivity contribution in [1.82, 2.24) is 29.4 Å². The predicted molar refractivity (Wildman–Crippen MR) is 130 cm³/mol. The highest BCUT2D eigenvalue weighted by Gasteiger charge is 2.23. The summed E-state index contributed by atoms with van der Waals surface area (Å²) in [6.45, 7) is 2.29. The number of aromatic nitrogens is 4. The van der Waals surface area contributed by atoms with Crippen molar-refractivity contribution in [1.29, 1.82) is 0 Å². The van der Waals surface area contributed by atoms with Crippen LogP contribution in [-0.4, -0.2) is 61.8 Å². The molecule has 4 aromatic rings. The van der Waals surface area contributed by atoms with Gasteiger partial charge in [0.15, 0.2) is 5.16 Å².